The first-order chi connectivity index (χ1) is 23.4. The lowest BCUT2D eigenvalue weighted by Crippen LogP contribution is -2.54. The van der Waals surface area contributed by atoms with Gasteiger partial charge in [0, 0.05) is 34.8 Å². The summed E-state index contributed by atoms with van der Waals surface area (Å²) in [6, 6.07) is 0. The topological polar surface area (TPSA) is 76.7 Å². The third kappa shape index (κ3) is 4.59. The van der Waals surface area contributed by atoms with Crippen LogP contribution in [0.1, 0.15) is 104 Å². The van der Waals surface area contributed by atoms with Gasteiger partial charge in [0.25, 0.3) is 0 Å². The maximum absolute atomic E-state index is 14.6. The summed E-state index contributed by atoms with van der Waals surface area (Å²) in [5.41, 5.74) is 5.08. The van der Waals surface area contributed by atoms with E-state index < -0.39 is 5.41 Å². The fraction of sp³-hybridized carbons (Fsp3) is 0.650. The summed E-state index contributed by atoms with van der Waals surface area (Å²) >= 11 is 0. The summed E-state index contributed by atoms with van der Waals surface area (Å²) in [6.07, 6.45) is 24.5. The zero-order chi connectivity index (χ0) is 32.7. The number of fused-ring (bicyclic) bond motifs is 3. The Bertz CT molecular complexity index is 1620. The minimum absolute atomic E-state index is 0.0663. The molecule has 0 aromatic heterocycles. The van der Waals surface area contributed by atoms with Crippen molar-refractivity contribution in [3.8, 4) is 0 Å². The van der Waals surface area contributed by atoms with E-state index in [2.05, 4.69) is 48.8 Å². The Balaban J connectivity index is 1.26. The average molecular weight is 687 g/mol. The molecule has 7 bridgehead atoms. The van der Waals surface area contributed by atoms with E-state index in [-0.39, 0.29) is 34.6 Å². The predicted octanol–water partition coefficient (Wildman–Crippen LogP) is 8.77. The molecular formula is C40H50N2O4S2. The van der Waals surface area contributed by atoms with Crippen molar-refractivity contribution in [2.24, 2.45) is 39.9 Å². The van der Waals surface area contributed by atoms with Crippen molar-refractivity contribution < 1.29 is 19.1 Å². The summed E-state index contributed by atoms with van der Waals surface area (Å²) in [6.45, 7) is 5.38. The van der Waals surface area contributed by atoms with Crippen LogP contribution >= 0.6 is 21.6 Å². The van der Waals surface area contributed by atoms with Crippen molar-refractivity contribution in [1.82, 2.24) is 10.6 Å². The van der Waals surface area contributed by atoms with Gasteiger partial charge in [0.15, 0.2) is 0 Å². The van der Waals surface area contributed by atoms with E-state index in [0.29, 0.717) is 11.8 Å². The summed E-state index contributed by atoms with van der Waals surface area (Å²) in [7, 11) is 3.78. The first kappa shape index (κ1) is 31.6. The van der Waals surface area contributed by atoms with E-state index in [0.717, 1.165) is 104 Å². The van der Waals surface area contributed by atoms with Crippen LogP contribution in [0.25, 0.3) is 0 Å². The Morgan fingerprint density at radius 3 is 2.58 bits per heavy atom. The molecule has 0 aromatic rings. The van der Waals surface area contributed by atoms with Gasteiger partial charge in [-0.05, 0) is 117 Å². The molecule has 10 aliphatic rings. The molecule has 2 spiro atoms. The number of hydrogen-bond acceptors (Lipinski definition) is 8. The molecule has 4 fully saturated rings. The second-order valence-electron chi connectivity index (χ2n) is 16.2. The summed E-state index contributed by atoms with van der Waals surface area (Å²) < 4.78 is 12.9. The van der Waals surface area contributed by atoms with Crippen LogP contribution in [0.3, 0.4) is 0 Å². The Morgan fingerprint density at radius 2 is 1.77 bits per heavy atom. The van der Waals surface area contributed by atoms with Crippen LogP contribution in [-0.2, 0) is 19.1 Å². The molecule has 5 atom stereocenters. The van der Waals surface area contributed by atoms with E-state index in [1.165, 1.54) is 49.7 Å². The molecule has 8 heteroatoms. The van der Waals surface area contributed by atoms with Crippen molar-refractivity contribution in [3.63, 3.8) is 0 Å². The smallest absolute Gasteiger partial charge is 0.340 e. The van der Waals surface area contributed by atoms with Gasteiger partial charge in [0.05, 0.1) is 22.7 Å². The lowest BCUT2D eigenvalue weighted by molar-refractivity contribution is -0.135. The number of dihydropyridines is 1. The lowest BCUT2D eigenvalue weighted by atomic mass is 9.42. The van der Waals surface area contributed by atoms with Gasteiger partial charge >= 0.3 is 11.9 Å². The number of nitrogens with one attached hydrogen (secondary N) is 2. The number of hydrogen-bond donors (Lipinski definition) is 2. The third-order valence-electron chi connectivity index (χ3n) is 14.0. The molecule has 3 saturated carbocycles. The standard InChI is InChI=1S/C40H50N2O4S2/c1-3-38(14-4-5-15-38)21-29-28-10-9-26-27-12-18-40(33(26)32(28)36(43)45-29)30-11-8-24(2)22-47-48-23-42-31-20-25(13-19-41-31)39(16-6-7-17-39)34(27)35(40)37(44)46-30/h11,13,20-21,24,26-27,33,41-42H,3-10,12,14-19,22-23H2,1-2H3. The number of esters is 2. The number of cyclic esters (lactones) is 1. The summed E-state index contributed by atoms with van der Waals surface area (Å²) in [5, 5.41) is 7.25. The molecule has 4 heterocycles. The van der Waals surface area contributed by atoms with Crippen LogP contribution in [0.5, 0.6) is 0 Å². The van der Waals surface area contributed by atoms with Crippen molar-refractivity contribution in [2.75, 3.05) is 18.2 Å². The van der Waals surface area contributed by atoms with Crippen LogP contribution in [0.2, 0.25) is 0 Å². The lowest BCUT2D eigenvalue weighted by Gasteiger charge is -2.59. The van der Waals surface area contributed by atoms with E-state index >= 15 is 0 Å². The Morgan fingerprint density at radius 1 is 0.958 bits per heavy atom. The molecule has 6 nitrogen and oxygen atoms in total. The molecule has 0 amide bonds. The zero-order valence-corrected chi connectivity index (χ0v) is 30.2. The van der Waals surface area contributed by atoms with Gasteiger partial charge in [0.2, 0.25) is 0 Å². The largest absolute Gasteiger partial charge is 0.427 e. The predicted molar refractivity (Wildman–Crippen MR) is 192 cm³/mol. The SMILES string of the molecule is CCC1(C=C2OC(=O)C3=C2CCC2C4CCC5(C6=CCC(C)CSSCNC7=CC(=CCN7)C7(CCCC7)C4=C5C(=O)O6)C32)CCCC1. The fourth-order valence-corrected chi connectivity index (χ4v) is 14.0. The second kappa shape index (κ2) is 11.9. The molecule has 5 unspecified atom stereocenters. The van der Waals surface area contributed by atoms with E-state index in [1.807, 2.05) is 21.6 Å². The highest BCUT2D eigenvalue weighted by Gasteiger charge is 2.70. The molecule has 0 aromatic carbocycles. The number of ether oxygens (including phenoxy) is 2. The maximum Gasteiger partial charge on any atom is 0.340 e. The Kier molecular flexibility index (Phi) is 7.84. The average Bonchev–Trinajstić information content (AvgIpc) is 3.90. The van der Waals surface area contributed by atoms with Crippen molar-refractivity contribution in [3.05, 3.63) is 69.5 Å². The van der Waals surface area contributed by atoms with Gasteiger partial charge in [-0.3, -0.25) is 0 Å². The second-order valence-corrected chi connectivity index (χ2v) is 18.7. The highest BCUT2D eigenvalue weighted by Crippen LogP contribution is 2.74. The highest BCUT2D eigenvalue weighted by molar-refractivity contribution is 8.76. The van der Waals surface area contributed by atoms with E-state index in [4.69, 9.17) is 9.47 Å². The van der Waals surface area contributed by atoms with Crippen LogP contribution in [-0.4, -0.2) is 30.1 Å². The Hall–Kier alpha value is -2.32. The quantitative estimate of drug-likeness (QED) is 0.221. The number of carbonyl (C=O) groups excluding carboxylic acids is 2. The number of rotatable bonds is 2. The van der Waals surface area contributed by atoms with Crippen LogP contribution in [0.15, 0.2) is 69.5 Å². The van der Waals surface area contributed by atoms with Gasteiger partial charge in [0.1, 0.15) is 11.5 Å². The van der Waals surface area contributed by atoms with Gasteiger partial charge < -0.3 is 20.1 Å². The summed E-state index contributed by atoms with van der Waals surface area (Å²) in [5.74, 6) is 5.30. The third-order valence-corrected chi connectivity index (χ3v) is 16.4. The van der Waals surface area contributed by atoms with Crippen molar-refractivity contribution in [1.29, 1.82) is 0 Å². The van der Waals surface area contributed by atoms with Crippen LogP contribution in [0, 0.1) is 39.9 Å². The van der Waals surface area contributed by atoms with Gasteiger partial charge in [-0.1, -0.05) is 67.2 Å². The minimum atomic E-state index is -0.594. The van der Waals surface area contributed by atoms with Crippen molar-refractivity contribution in [2.45, 2.75) is 104 Å². The van der Waals surface area contributed by atoms with Gasteiger partial charge in [-0.2, -0.15) is 0 Å². The normalized spacial score (nSPS) is 37.4. The van der Waals surface area contributed by atoms with Gasteiger partial charge in [-0.25, -0.2) is 9.59 Å². The Labute approximate surface area is 293 Å². The van der Waals surface area contributed by atoms with Gasteiger partial charge in [-0.15, -0.1) is 0 Å². The van der Waals surface area contributed by atoms with Crippen LogP contribution < -0.4 is 10.6 Å². The van der Waals surface area contributed by atoms with Crippen LogP contribution in [0.4, 0.5) is 0 Å². The molecule has 2 N–H and O–H groups in total. The highest BCUT2D eigenvalue weighted by atomic mass is 33.1. The zero-order valence-electron chi connectivity index (χ0n) is 28.6. The van der Waals surface area contributed by atoms with E-state index in [1.54, 1.807) is 0 Å². The molecule has 48 heavy (non-hydrogen) atoms. The number of carbonyl (C=O) groups is 2. The fourth-order valence-electron chi connectivity index (χ4n) is 11.8. The molecule has 4 aliphatic heterocycles. The summed E-state index contributed by atoms with van der Waals surface area (Å²) in [4.78, 5) is 28.8. The minimum Gasteiger partial charge on any atom is -0.427 e. The maximum atomic E-state index is 14.6. The molecule has 1 saturated heterocycles. The molecular weight excluding hydrogens is 637 g/mol. The first-order valence-corrected chi connectivity index (χ1v) is 21.4. The van der Waals surface area contributed by atoms with E-state index in [9.17, 15) is 9.59 Å². The molecule has 10 rings (SSSR count). The number of allylic oxidation sites excluding steroid dienone is 7. The monoisotopic (exact) mass is 686 g/mol. The first-order valence-electron chi connectivity index (χ1n) is 18.9. The van der Waals surface area contributed by atoms with Crippen molar-refractivity contribution >= 4 is 33.5 Å². The molecule has 0 radical (unpaired) electrons. The molecule has 6 aliphatic carbocycles. The molecule has 256 valence electrons.